The lowest BCUT2D eigenvalue weighted by atomic mass is 10.1. The normalized spacial score (nSPS) is 13.5. The molecule has 0 aromatic heterocycles. The maximum absolute atomic E-state index is 12.5. The zero-order valence-corrected chi connectivity index (χ0v) is 12.5. The molecule has 0 aliphatic heterocycles. The van der Waals surface area contributed by atoms with Gasteiger partial charge in [0, 0.05) is 29.9 Å². The van der Waals surface area contributed by atoms with Crippen LogP contribution in [-0.4, -0.2) is 24.9 Å². The minimum absolute atomic E-state index is 0.112. The van der Waals surface area contributed by atoms with Gasteiger partial charge < -0.3 is 10.2 Å². The van der Waals surface area contributed by atoms with Gasteiger partial charge in [0.1, 0.15) is 0 Å². The number of amides is 2. The van der Waals surface area contributed by atoms with Crippen molar-refractivity contribution in [1.29, 1.82) is 0 Å². The molecular formula is C18H18N2O2. The van der Waals surface area contributed by atoms with E-state index < -0.39 is 0 Å². The zero-order chi connectivity index (χ0) is 15.5. The van der Waals surface area contributed by atoms with Crippen LogP contribution in [0.2, 0.25) is 0 Å². The monoisotopic (exact) mass is 294 g/mol. The third-order valence-corrected chi connectivity index (χ3v) is 3.73. The van der Waals surface area contributed by atoms with Crippen LogP contribution in [0.15, 0.2) is 54.6 Å². The summed E-state index contributed by atoms with van der Waals surface area (Å²) in [5.74, 6) is -0.244. The average molecular weight is 294 g/mol. The number of rotatable bonds is 4. The summed E-state index contributed by atoms with van der Waals surface area (Å²) < 4.78 is 0. The van der Waals surface area contributed by atoms with E-state index in [1.807, 2.05) is 30.3 Å². The quantitative estimate of drug-likeness (QED) is 0.942. The van der Waals surface area contributed by atoms with Crippen LogP contribution in [0.1, 0.15) is 33.6 Å². The summed E-state index contributed by atoms with van der Waals surface area (Å²) in [6.45, 7) is 0. The van der Waals surface area contributed by atoms with Crippen molar-refractivity contribution in [1.82, 2.24) is 5.32 Å². The Hall–Kier alpha value is -2.62. The average Bonchev–Trinajstić information content (AvgIpc) is 3.38. The molecule has 1 aliphatic carbocycles. The van der Waals surface area contributed by atoms with E-state index in [2.05, 4.69) is 5.32 Å². The molecule has 1 fully saturated rings. The smallest absolute Gasteiger partial charge is 0.258 e. The van der Waals surface area contributed by atoms with Crippen LogP contribution in [-0.2, 0) is 0 Å². The van der Waals surface area contributed by atoms with Gasteiger partial charge in [-0.2, -0.15) is 0 Å². The summed E-state index contributed by atoms with van der Waals surface area (Å²) in [7, 11) is 1.73. The summed E-state index contributed by atoms with van der Waals surface area (Å²) in [6.07, 6.45) is 2.09. The van der Waals surface area contributed by atoms with E-state index >= 15 is 0 Å². The number of carbonyl (C=O) groups excluding carboxylic acids is 2. The lowest BCUT2D eigenvalue weighted by Gasteiger charge is -2.17. The van der Waals surface area contributed by atoms with Gasteiger partial charge in [-0.25, -0.2) is 0 Å². The van der Waals surface area contributed by atoms with Gasteiger partial charge in [0.2, 0.25) is 0 Å². The van der Waals surface area contributed by atoms with Crippen molar-refractivity contribution in [2.45, 2.75) is 18.9 Å². The molecular weight excluding hydrogens is 276 g/mol. The Morgan fingerprint density at radius 1 is 1.00 bits per heavy atom. The topological polar surface area (TPSA) is 49.4 Å². The number of para-hydroxylation sites is 1. The van der Waals surface area contributed by atoms with Crippen molar-refractivity contribution in [2.75, 3.05) is 11.9 Å². The van der Waals surface area contributed by atoms with Gasteiger partial charge in [-0.15, -0.1) is 0 Å². The number of nitrogens with one attached hydrogen (secondary N) is 1. The molecule has 0 spiro atoms. The molecule has 1 aliphatic rings. The predicted molar refractivity (Wildman–Crippen MR) is 86.1 cm³/mol. The Bertz CT molecular complexity index is 693. The predicted octanol–water partition coefficient (Wildman–Crippen LogP) is 2.86. The van der Waals surface area contributed by atoms with Gasteiger partial charge in [0.25, 0.3) is 11.8 Å². The van der Waals surface area contributed by atoms with Crippen molar-refractivity contribution in [3.05, 3.63) is 65.7 Å². The number of hydrogen-bond acceptors (Lipinski definition) is 2. The summed E-state index contributed by atoms with van der Waals surface area (Å²) in [5.41, 5.74) is 1.86. The van der Waals surface area contributed by atoms with Crippen LogP contribution in [0.5, 0.6) is 0 Å². The SMILES string of the molecule is CN(C(=O)c1cccc(C(=O)NC2CC2)c1)c1ccccc1. The lowest BCUT2D eigenvalue weighted by molar-refractivity contribution is 0.0951. The minimum atomic E-state index is -0.132. The molecule has 22 heavy (non-hydrogen) atoms. The fourth-order valence-corrected chi connectivity index (χ4v) is 2.25. The molecule has 2 amide bonds. The molecule has 2 aromatic carbocycles. The molecule has 0 atom stereocenters. The standard InChI is InChI=1S/C18H18N2O2/c1-20(16-8-3-2-4-9-16)18(22)14-7-5-6-13(12-14)17(21)19-15-10-11-15/h2-9,12,15H,10-11H2,1H3,(H,19,21). The molecule has 2 aromatic rings. The van der Waals surface area contributed by atoms with Crippen molar-refractivity contribution in [3.63, 3.8) is 0 Å². The number of anilines is 1. The van der Waals surface area contributed by atoms with E-state index in [9.17, 15) is 9.59 Å². The highest BCUT2D eigenvalue weighted by Crippen LogP contribution is 2.20. The molecule has 0 heterocycles. The third-order valence-electron chi connectivity index (χ3n) is 3.73. The van der Waals surface area contributed by atoms with E-state index in [1.54, 1.807) is 36.2 Å². The van der Waals surface area contributed by atoms with E-state index in [0.29, 0.717) is 17.2 Å². The second-order valence-electron chi connectivity index (χ2n) is 5.53. The highest BCUT2D eigenvalue weighted by molar-refractivity contribution is 6.07. The lowest BCUT2D eigenvalue weighted by Crippen LogP contribution is -2.28. The summed E-state index contributed by atoms with van der Waals surface area (Å²) >= 11 is 0. The van der Waals surface area contributed by atoms with Crippen LogP contribution in [0.3, 0.4) is 0 Å². The molecule has 0 unspecified atom stereocenters. The molecule has 0 radical (unpaired) electrons. The third kappa shape index (κ3) is 3.17. The Kier molecular flexibility index (Phi) is 3.92. The summed E-state index contributed by atoms with van der Waals surface area (Å²) in [6, 6.07) is 16.6. The molecule has 0 bridgehead atoms. The van der Waals surface area contributed by atoms with Gasteiger partial charge in [0.15, 0.2) is 0 Å². The van der Waals surface area contributed by atoms with Gasteiger partial charge in [-0.05, 0) is 43.2 Å². The van der Waals surface area contributed by atoms with Gasteiger partial charge in [-0.1, -0.05) is 24.3 Å². The van der Waals surface area contributed by atoms with Crippen LogP contribution in [0.4, 0.5) is 5.69 Å². The zero-order valence-electron chi connectivity index (χ0n) is 12.5. The van der Waals surface area contributed by atoms with E-state index in [-0.39, 0.29) is 11.8 Å². The second kappa shape index (κ2) is 6.02. The highest BCUT2D eigenvalue weighted by atomic mass is 16.2. The number of hydrogen-bond donors (Lipinski definition) is 1. The molecule has 1 N–H and O–H groups in total. The first-order valence-electron chi connectivity index (χ1n) is 7.39. The fraction of sp³-hybridized carbons (Fsp3) is 0.222. The van der Waals surface area contributed by atoms with E-state index in [4.69, 9.17) is 0 Å². The van der Waals surface area contributed by atoms with Crippen molar-refractivity contribution in [2.24, 2.45) is 0 Å². The first kappa shape index (κ1) is 14.3. The maximum Gasteiger partial charge on any atom is 0.258 e. The molecule has 3 rings (SSSR count). The second-order valence-corrected chi connectivity index (χ2v) is 5.53. The minimum Gasteiger partial charge on any atom is -0.349 e. The highest BCUT2D eigenvalue weighted by Gasteiger charge is 2.24. The number of nitrogens with zero attached hydrogens (tertiary/aromatic N) is 1. The van der Waals surface area contributed by atoms with Crippen molar-refractivity contribution in [3.8, 4) is 0 Å². The van der Waals surface area contributed by atoms with Crippen molar-refractivity contribution < 1.29 is 9.59 Å². The van der Waals surface area contributed by atoms with Gasteiger partial charge in [0.05, 0.1) is 0 Å². The molecule has 0 saturated heterocycles. The molecule has 4 heteroatoms. The van der Waals surface area contributed by atoms with Crippen LogP contribution >= 0.6 is 0 Å². The summed E-state index contributed by atoms with van der Waals surface area (Å²) in [5, 5.41) is 2.93. The first-order valence-corrected chi connectivity index (χ1v) is 7.39. The fourth-order valence-electron chi connectivity index (χ4n) is 2.25. The largest absolute Gasteiger partial charge is 0.349 e. The summed E-state index contributed by atoms with van der Waals surface area (Å²) in [4.78, 5) is 26.2. The Balaban J connectivity index is 1.79. The van der Waals surface area contributed by atoms with Crippen LogP contribution in [0, 0.1) is 0 Å². The molecule has 1 saturated carbocycles. The Morgan fingerprint density at radius 3 is 2.36 bits per heavy atom. The first-order chi connectivity index (χ1) is 10.6. The van der Waals surface area contributed by atoms with Crippen LogP contribution < -0.4 is 10.2 Å². The Labute approximate surface area is 129 Å². The van der Waals surface area contributed by atoms with E-state index in [1.165, 1.54) is 0 Å². The van der Waals surface area contributed by atoms with Gasteiger partial charge >= 0.3 is 0 Å². The molecule has 4 nitrogen and oxygen atoms in total. The van der Waals surface area contributed by atoms with Crippen LogP contribution in [0.25, 0.3) is 0 Å². The number of carbonyl (C=O) groups is 2. The van der Waals surface area contributed by atoms with E-state index in [0.717, 1.165) is 18.5 Å². The van der Waals surface area contributed by atoms with Crippen molar-refractivity contribution >= 4 is 17.5 Å². The number of benzene rings is 2. The van der Waals surface area contributed by atoms with Gasteiger partial charge in [-0.3, -0.25) is 9.59 Å². The maximum atomic E-state index is 12.5. The molecule has 112 valence electrons. The Morgan fingerprint density at radius 2 is 1.68 bits per heavy atom.